The molecule has 1 aliphatic rings. The molecule has 1 aliphatic heterocycles. The van der Waals surface area contributed by atoms with E-state index in [1.165, 1.54) is 18.4 Å². The van der Waals surface area contributed by atoms with Crippen LogP contribution in [0, 0.1) is 0 Å². The highest BCUT2D eigenvalue weighted by Gasteiger charge is 2.24. The number of hydrogen-bond donors (Lipinski definition) is 1. The zero-order chi connectivity index (χ0) is 21.7. The van der Waals surface area contributed by atoms with E-state index in [2.05, 4.69) is 5.32 Å². The smallest absolute Gasteiger partial charge is 0.350 e. The van der Waals surface area contributed by atoms with Crippen LogP contribution in [0.25, 0.3) is 5.57 Å². The highest BCUT2D eigenvalue weighted by Crippen LogP contribution is 2.40. The van der Waals surface area contributed by atoms with E-state index in [9.17, 15) is 9.59 Å². The highest BCUT2D eigenvalue weighted by atomic mass is 32.1. The number of esters is 1. The largest absolute Gasteiger partial charge is 0.496 e. The number of hydrogen-bond acceptors (Lipinski definition) is 7. The fourth-order valence-corrected chi connectivity index (χ4v) is 4.02. The van der Waals surface area contributed by atoms with Gasteiger partial charge in [-0.05, 0) is 23.4 Å². The number of ether oxygens (including phenoxy) is 4. The summed E-state index contributed by atoms with van der Waals surface area (Å²) in [6.45, 7) is 0.922. The van der Waals surface area contributed by atoms with Crippen LogP contribution in [0.5, 0.6) is 17.2 Å². The molecule has 1 N–H and O–H groups in total. The number of nitrogens with one attached hydrogen (secondary N) is 1. The Morgan fingerprint density at radius 2 is 1.77 bits per heavy atom. The summed E-state index contributed by atoms with van der Waals surface area (Å²) in [7, 11) is 6.09. The molecular formula is C21H24N2O6S. The van der Waals surface area contributed by atoms with Crippen molar-refractivity contribution in [2.45, 2.75) is 6.42 Å². The molecule has 0 bridgehead atoms. The maximum absolute atomic E-state index is 12.7. The number of anilines is 1. The van der Waals surface area contributed by atoms with Crippen LogP contribution in [-0.2, 0) is 4.74 Å². The number of amides is 2. The monoisotopic (exact) mass is 432 g/mol. The van der Waals surface area contributed by atoms with E-state index in [1.807, 2.05) is 18.2 Å². The Balaban J connectivity index is 1.77. The number of carbonyl (C=O) groups is 2. The number of rotatable bonds is 6. The predicted octanol–water partition coefficient (Wildman–Crippen LogP) is 3.88. The van der Waals surface area contributed by atoms with Gasteiger partial charge in [0, 0.05) is 25.2 Å². The first-order valence-corrected chi connectivity index (χ1v) is 10.1. The van der Waals surface area contributed by atoms with Crippen molar-refractivity contribution in [3.63, 3.8) is 0 Å². The number of methoxy groups -OCH3 is 4. The van der Waals surface area contributed by atoms with Gasteiger partial charge in [0.25, 0.3) is 0 Å². The molecule has 9 heteroatoms. The van der Waals surface area contributed by atoms with Gasteiger partial charge in [-0.25, -0.2) is 9.59 Å². The van der Waals surface area contributed by atoms with Crippen molar-refractivity contribution in [1.29, 1.82) is 0 Å². The van der Waals surface area contributed by atoms with Gasteiger partial charge >= 0.3 is 12.0 Å². The molecule has 0 atom stereocenters. The molecule has 160 valence electrons. The van der Waals surface area contributed by atoms with Gasteiger partial charge in [-0.15, -0.1) is 11.3 Å². The van der Waals surface area contributed by atoms with Gasteiger partial charge < -0.3 is 29.2 Å². The third-order valence-electron chi connectivity index (χ3n) is 4.81. The topological polar surface area (TPSA) is 86.3 Å². The molecule has 1 aromatic carbocycles. The minimum atomic E-state index is -0.472. The van der Waals surface area contributed by atoms with E-state index in [4.69, 9.17) is 18.9 Å². The van der Waals surface area contributed by atoms with Crippen LogP contribution in [0.4, 0.5) is 10.5 Å². The van der Waals surface area contributed by atoms with E-state index >= 15 is 0 Å². The lowest BCUT2D eigenvalue weighted by atomic mass is 9.97. The molecule has 1 aromatic heterocycles. The van der Waals surface area contributed by atoms with E-state index in [1.54, 1.807) is 37.7 Å². The minimum Gasteiger partial charge on any atom is -0.496 e. The Labute approximate surface area is 179 Å². The van der Waals surface area contributed by atoms with Gasteiger partial charge in [-0.1, -0.05) is 6.08 Å². The number of urea groups is 1. The van der Waals surface area contributed by atoms with Crippen molar-refractivity contribution in [3.8, 4) is 17.2 Å². The third-order valence-corrected chi connectivity index (χ3v) is 5.70. The Kier molecular flexibility index (Phi) is 6.83. The van der Waals surface area contributed by atoms with Gasteiger partial charge in [0.2, 0.25) is 0 Å². The lowest BCUT2D eigenvalue weighted by molar-refractivity contribution is 0.0607. The van der Waals surface area contributed by atoms with Crippen molar-refractivity contribution in [1.82, 2.24) is 4.90 Å². The summed E-state index contributed by atoms with van der Waals surface area (Å²) in [5.41, 5.74) is 2.33. The van der Waals surface area contributed by atoms with E-state index in [0.717, 1.165) is 11.1 Å². The fourth-order valence-electron chi connectivity index (χ4n) is 3.26. The summed E-state index contributed by atoms with van der Waals surface area (Å²) in [6, 6.07) is 5.03. The summed E-state index contributed by atoms with van der Waals surface area (Å²) in [4.78, 5) is 26.5. The van der Waals surface area contributed by atoms with Crippen LogP contribution in [0.15, 0.2) is 29.7 Å². The van der Waals surface area contributed by atoms with E-state index in [0.29, 0.717) is 47.3 Å². The van der Waals surface area contributed by atoms with Crippen LogP contribution in [0.1, 0.15) is 21.7 Å². The first-order valence-electron chi connectivity index (χ1n) is 9.23. The summed E-state index contributed by atoms with van der Waals surface area (Å²) in [5, 5.41) is 4.53. The maximum atomic E-state index is 12.7. The van der Waals surface area contributed by atoms with Crippen molar-refractivity contribution in [2.75, 3.05) is 46.8 Å². The first-order chi connectivity index (χ1) is 14.5. The Morgan fingerprint density at radius 3 is 2.30 bits per heavy atom. The summed E-state index contributed by atoms with van der Waals surface area (Å²) < 4.78 is 21.1. The molecule has 2 amide bonds. The lowest BCUT2D eigenvalue weighted by Crippen LogP contribution is -2.38. The third kappa shape index (κ3) is 4.35. The standard InChI is InChI=1S/C21H24N2O6S/c1-26-14-11-16(27-2)18(17(12-14)28-3)13-5-8-23(9-6-13)21(25)22-15-7-10-30-19(15)20(24)29-4/h5,7,10-12H,6,8-9H2,1-4H3,(H,22,25). The molecule has 0 radical (unpaired) electrons. The lowest BCUT2D eigenvalue weighted by Gasteiger charge is -2.28. The van der Waals surface area contributed by atoms with Crippen molar-refractivity contribution < 1.29 is 28.5 Å². The average Bonchev–Trinajstić information content (AvgIpc) is 3.25. The van der Waals surface area contributed by atoms with Crippen LogP contribution < -0.4 is 19.5 Å². The summed E-state index contributed by atoms with van der Waals surface area (Å²) >= 11 is 1.22. The minimum absolute atomic E-state index is 0.275. The number of benzene rings is 1. The summed E-state index contributed by atoms with van der Waals surface area (Å²) in [5.74, 6) is 1.47. The first kappa shape index (κ1) is 21.5. The second kappa shape index (κ2) is 9.53. The van der Waals surface area contributed by atoms with Crippen LogP contribution in [-0.4, -0.2) is 58.4 Å². The Bertz CT molecular complexity index is 943. The predicted molar refractivity (Wildman–Crippen MR) is 115 cm³/mol. The molecule has 0 saturated carbocycles. The molecule has 0 fully saturated rings. The highest BCUT2D eigenvalue weighted by molar-refractivity contribution is 7.12. The number of thiophene rings is 1. The molecule has 2 heterocycles. The van der Waals surface area contributed by atoms with Crippen LogP contribution in [0.3, 0.4) is 0 Å². The van der Waals surface area contributed by atoms with E-state index in [-0.39, 0.29) is 6.03 Å². The second-order valence-corrected chi connectivity index (χ2v) is 7.33. The number of carbonyl (C=O) groups excluding carboxylic acids is 2. The van der Waals surface area contributed by atoms with Crippen molar-refractivity contribution in [2.24, 2.45) is 0 Å². The van der Waals surface area contributed by atoms with Crippen LogP contribution >= 0.6 is 11.3 Å². The quantitative estimate of drug-likeness (QED) is 0.697. The zero-order valence-corrected chi connectivity index (χ0v) is 18.1. The van der Waals surface area contributed by atoms with Crippen molar-refractivity contribution in [3.05, 3.63) is 40.1 Å². The molecule has 0 unspecified atom stereocenters. The van der Waals surface area contributed by atoms with Gasteiger partial charge in [0.1, 0.15) is 22.1 Å². The maximum Gasteiger partial charge on any atom is 0.350 e. The number of nitrogens with zero attached hydrogens (tertiary/aromatic N) is 1. The average molecular weight is 432 g/mol. The van der Waals surface area contributed by atoms with Crippen molar-refractivity contribution >= 4 is 34.6 Å². The SMILES string of the molecule is COC(=O)c1sccc1NC(=O)N1CC=C(c2c(OC)cc(OC)cc2OC)CC1. The normalized spacial score (nSPS) is 13.3. The Morgan fingerprint density at radius 1 is 1.07 bits per heavy atom. The molecule has 30 heavy (non-hydrogen) atoms. The molecule has 2 aromatic rings. The molecule has 0 spiro atoms. The van der Waals surface area contributed by atoms with Gasteiger partial charge in [-0.2, -0.15) is 0 Å². The van der Waals surface area contributed by atoms with E-state index < -0.39 is 5.97 Å². The molecule has 0 aliphatic carbocycles. The zero-order valence-electron chi connectivity index (χ0n) is 17.3. The molecule has 0 saturated heterocycles. The van der Waals surface area contributed by atoms with Gasteiger partial charge in [-0.3, -0.25) is 0 Å². The summed E-state index contributed by atoms with van der Waals surface area (Å²) in [6.07, 6.45) is 2.60. The molecule has 3 rings (SSSR count). The second-order valence-electron chi connectivity index (χ2n) is 6.42. The van der Waals surface area contributed by atoms with Crippen LogP contribution in [0.2, 0.25) is 0 Å². The Hall–Kier alpha value is -3.20. The molecule has 8 nitrogen and oxygen atoms in total. The van der Waals surface area contributed by atoms with Gasteiger partial charge in [0.15, 0.2) is 0 Å². The van der Waals surface area contributed by atoms with Gasteiger partial charge in [0.05, 0.1) is 39.7 Å². The fraction of sp³-hybridized carbons (Fsp3) is 0.333. The molecular weight excluding hydrogens is 408 g/mol.